The summed E-state index contributed by atoms with van der Waals surface area (Å²) in [6.07, 6.45) is 1.00. The fourth-order valence-corrected chi connectivity index (χ4v) is 2.34. The van der Waals surface area contributed by atoms with Gasteiger partial charge in [0.15, 0.2) is 0 Å². The lowest BCUT2D eigenvalue weighted by atomic mass is 10.1. The molecule has 1 atom stereocenters. The second-order valence-electron chi connectivity index (χ2n) is 4.19. The normalized spacial score (nSPS) is 13.5. The van der Waals surface area contributed by atoms with Crippen LogP contribution in [0, 0.1) is 13.8 Å². The van der Waals surface area contributed by atoms with E-state index in [1.807, 2.05) is 20.8 Å². The lowest BCUT2D eigenvalue weighted by Gasteiger charge is -2.17. The maximum atomic E-state index is 11.3. The number of hydrogen-bond donors (Lipinski definition) is 1. The van der Waals surface area contributed by atoms with Gasteiger partial charge in [0.25, 0.3) is 0 Å². The molecule has 1 aromatic rings. The summed E-state index contributed by atoms with van der Waals surface area (Å²) in [4.78, 5) is 0.159. The number of rotatable bonds is 4. The molecule has 0 aromatic heterocycles. The van der Waals surface area contributed by atoms with Crippen molar-refractivity contribution in [3.05, 3.63) is 23.3 Å². The number of hydrogen-bond acceptors (Lipinski definition) is 3. The van der Waals surface area contributed by atoms with Gasteiger partial charge in [0.1, 0.15) is 5.75 Å². The van der Waals surface area contributed by atoms with E-state index in [9.17, 15) is 8.42 Å². The molecule has 0 fully saturated rings. The van der Waals surface area contributed by atoms with Crippen LogP contribution in [0.5, 0.6) is 5.75 Å². The van der Waals surface area contributed by atoms with E-state index in [0.29, 0.717) is 11.3 Å². The van der Waals surface area contributed by atoms with Crippen molar-refractivity contribution in [2.24, 2.45) is 5.14 Å². The van der Waals surface area contributed by atoms with Crippen molar-refractivity contribution in [3.8, 4) is 5.75 Å². The van der Waals surface area contributed by atoms with Gasteiger partial charge in [-0.15, -0.1) is 0 Å². The quantitative estimate of drug-likeness (QED) is 0.898. The maximum absolute atomic E-state index is 11.3. The fraction of sp³-hybridized carbons (Fsp3) is 0.500. The zero-order valence-electron chi connectivity index (χ0n) is 10.6. The molecule has 0 radical (unpaired) electrons. The monoisotopic (exact) mass is 257 g/mol. The maximum Gasteiger partial charge on any atom is 0.238 e. The Morgan fingerprint density at radius 1 is 1.29 bits per heavy atom. The van der Waals surface area contributed by atoms with Gasteiger partial charge in [0, 0.05) is 0 Å². The molecule has 96 valence electrons. The van der Waals surface area contributed by atoms with Crippen molar-refractivity contribution in [2.45, 2.75) is 45.1 Å². The van der Waals surface area contributed by atoms with Gasteiger partial charge in [0.05, 0.1) is 11.0 Å². The van der Waals surface area contributed by atoms with E-state index in [1.165, 1.54) is 6.07 Å². The molecule has 1 unspecified atom stereocenters. The highest BCUT2D eigenvalue weighted by Crippen LogP contribution is 2.27. The van der Waals surface area contributed by atoms with E-state index in [1.54, 1.807) is 13.0 Å². The second kappa shape index (κ2) is 5.06. The topological polar surface area (TPSA) is 69.4 Å². The highest BCUT2D eigenvalue weighted by Gasteiger charge is 2.16. The van der Waals surface area contributed by atoms with E-state index in [0.717, 1.165) is 12.0 Å². The third-order valence-electron chi connectivity index (χ3n) is 2.90. The van der Waals surface area contributed by atoms with E-state index in [-0.39, 0.29) is 11.0 Å². The van der Waals surface area contributed by atoms with Gasteiger partial charge < -0.3 is 4.74 Å². The van der Waals surface area contributed by atoms with Gasteiger partial charge in [-0.25, -0.2) is 13.6 Å². The van der Waals surface area contributed by atoms with Gasteiger partial charge >= 0.3 is 0 Å². The van der Waals surface area contributed by atoms with Crippen molar-refractivity contribution in [2.75, 3.05) is 0 Å². The van der Waals surface area contributed by atoms with Crippen LogP contribution in [-0.2, 0) is 10.0 Å². The third kappa shape index (κ3) is 3.20. The van der Waals surface area contributed by atoms with Crippen LogP contribution in [0.15, 0.2) is 17.0 Å². The number of benzene rings is 1. The molecule has 1 rings (SSSR count). The predicted octanol–water partition coefficient (Wildman–Crippen LogP) is 2.13. The van der Waals surface area contributed by atoms with Crippen molar-refractivity contribution < 1.29 is 13.2 Å². The summed E-state index contributed by atoms with van der Waals surface area (Å²) in [6.45, 7) is 7.58. The van der Waals surface area contributed by atoms with Gasteiger partial charge in [-0.1, -0.05) is 6.92 Å². The zero-order chi connectivity index (χ0) is 13.2. The van der Waals surface area contributed by atoms with Crippen LogP contribution in [0.3, 0.4) is 0 Å². The Bertz CT molecular complexity index is 509. The smallest absolute Gasteiger partial charge is 0.238 e. The van der Waals surface area contributed by atoms with E-state index in [2.05, 4.69) is 0 Å². The summed E-state index contributed by atoms with van der Waals surface area (Å²) in [5.74, 6) is 0.712. The molecule has 0 aliphatic carbocycles. The van der Waals surface area contributed by atoms with Crippen molar-refractivity contribution in [3.63, 3.8) is 0 Å². The molecule has 5 heteroatoms. The van der Waals surface area contributed by atoms with Crippen LogP contribution in [0.1, 0.15) is 31.4 Å². The summed E-state index contributed by atoms with van der Waals surface area (Å²) >= 11 is 0. The molecule has 4 nitrogen and oxygen atoms in total. The van der Waals surface area contributed by atoms with E-state index >= 15 is 0 Å². The first-order valence-electron chi connectivity index (χ1n) is 5.57. The van der Waals surface area contributed by atoms with Crippen LogP contribution in [-0.4, -0.2) is 14.5 Å². The van der Waals surface area contributed by atoms with Gasteiger partial charge in [-0.3, -0.25) is 0 Å². The summed E-state index contributed by atoms with van der Waals surface area (Å²) in [5, 5.41) is 5.14. The van der Waals surface area contributed by atoms with Gasteiger partial charge in [0.2, 0.25) is 10.0 Å². The Morgan fingerprint density at radius 2 is 1.88 bits per heavy atom. The molecule has 1 aromatic carbocycles. The Morgan fingerprint density at radius 3 is 2.35 bits per heavy atom. The Labute approximate surface area is 103 Å². The molecule has 0 saturated heterocycles. The van der Waals surface area contributed by atoms with Crippen LogP contribution in [0.2, 0.25) is 0 Å². The molecular weight excluding hydrogens is 238 g/mol. The summed E-state index contributed by atoms with van der Waals surface area (Å²) in [5.41, 5.74) is 1.46. The molecule has 0 saturated carbocycles. The number of ether oxygens (including phenoxy) is 1. The summed E-state index contributed by atoms with van der Waals surface area (Å²) in [7, 11) is -3.66. The largest absolute Gasteiger partial charge is 0.490 e. The average molecular weight is 257 g/mol. The minimum atomic E-state index is -3.66. The highest BCUT2D eigenvalue weighted by atomic mass is 32.2. The highest BCUT2D eigenvalue weighted by molar-refractivity contribution is 7.89. The first-order valence-corrected chi connectivity index (χ1v) is 7.11. The van der Waals surface area contributed by atoms with Crippen LogP contribution in [0.4, 0.5) is 0 Å². The third-order valence-corrected chi connectivity index (χ3v) is 3.95. The standard InChI is InChI=1S/C12H19NO3S/c1-5-8(2)16-11-6-7-12(17(13,14)15)10(4)9(11)3/h6-8H,5H2,1-4H3,(H2,13,14,15). The summed E-state index contributed by atoms with van der Waals surface area (Å²) in [6, 6.07) is 3.16. The van der Waals surface area contributed by atoms with E-state index in [4.69, 9.17) is 9.88 Å². The molecule has 0 amide bonds. The minimum Gasteiger partial charge on any atom is -0.490 e. The Kier molecular flexibility index (Phi) is 4.16. The van der Waals surface area contributed by atoms with Crippen molar-refractivity contribution in [1.82, 2.24) is 0 Å². The Hall–Kier alpha value is -1.07. The predicted molar refractivity (Wildman–Crippen MR) is 67.7 cm³/mol. The first-order chi connectivity index (χ1) is 7.77. The number of primary sulfonamides is 1. The molecule has 2 N–H and O–H groups in total. The molecule has 17 heavy (non-hydrogen) atoms. The molecule has 0 heterocycles. The first kappa shape index (κ1) is 14.0. The average Bonchev–Trinajstić information content (AvgIpc) is 2.22. The lowest BCUT2D eigenvalue weighted by molar-refractivity contribution is 0.215. The van der Waals surface area contributed by atoms with Crippen molar-refractivity contribution >= 4 is 10.0 Å². The zero-order valence-corrected chi connectivity index (χ0v) is 11.5. The SMILES string of the molecule is CCC(C)Oc1ccc(S(N)(=O)=O)c(C)c1C. The summed E-state index contributed by atoms with van der Waals surface area (Å²) < 4.78 is 28.4. The molecule has 0 bridgehead atoms. The van der Waals surface area contributed by atoms with Gasteiger partial charge in [-0.05, 0) is 50.5 Å². The molecule has 0 aliphatic rings. The van der Waals surface area contributed by atoms with E-state index < -0.39 is 10.0 Å². The molecular formula is C12H19NO3S. The number of nitrogens with two attached hydrogens (primary N) is 1. The lowest BCUT2D eigenvalue weighted by Crippen LogP contribution is -2.15. The Balaban J connectivity index is 3.20. The molecule has 0 spiro atoms. The van der Waals surface area contributed by atoms with Crippen molar-refractivity contribution in [1.29, 1.82) is 0 Å². The molecule has 0 aliphatic heterocycles. The second-order valence-corrected chi connectivity index (χ2v) is 5.72. The van der Waals surface area contributed by atoms with Crippen LogP contribution in [0.25, 0.3) is 0 Å². The van der Waals surface area contributed by atoms with Gasteiger partial charge in [-0.2, -0.15) is 0 Å². The number of sulfonamides is 1. The minimum absolute atomic E-state index is 0.105. The van der Waals surface area contributed by atoms with Crippen LogP contribution < -0.4 is 9.88 Å². The van der Waals surface area contributed by atoms with Crippen LogP contribution >= 0.6 is 0 Å². The fourth-order valence-electron chi connectivity index (χ4n) is 1.51.